The van der Waals surface area contributed by atoms with Crippen molar-refractivity contribution in [3.63, 3.8) is 0 Å². The number of rotatable bonds is 6. The number of primary amides is 1. The number of nitrogens with zero attached hydrogens (tertiary/aromatic N) is 2. The first-order valence-corrected chi connectivity index (χ1v) is 9.99. The Morgan fingerprint density at radius 1 is 1.46 bits per heavy atom. The first-order valence-electron chi connectivity index (χ1n) is 8.76. The molecule has 0 bridgehead atoms. The molecule has 26 heavy (non-hydrogen) atoms. The number of hydrogen-bond donors (Lipinski definition) is 2. The van der Waals surface area contributed by atoms with Gasteiger partial charge in [0.15, 0.2) is 0 Å². The van der Waals surface area contributed by atoms with Gasteiger partial charge in [0, 0.05) is 29.3 Å². The summed E-state index contributed by atoms with van der Waals surface area (Å²) in [6.45, 7) is 2.52. The van der Waals surface area contributed by atoms with Crippen molar-refractivity contribution in [2.75, 3.05) is 12.8 Å². The van der Waals surface area contributed by atoms with E-state index in [1.54, 1.807) is 22.9 Å². The molecule has 1 fully saturated rings. The van der Waals surface area contributed by atoms with E-state index in [-0.39, 0.29) is 6.10 Å². The highest BCUT2D eigenvalue weighted by Crippen LogP contribution is 2.32. The lowest BCUT2D eigenvalue weighted by Gasteiger charge is -2.24. The van der Waals surface area contributed by atoms with E-state index >= 15 is 0 Å². The summed E-state index contributed by atoms with van der Waals surface area (Å²) in [6.07, 6.45) is 5.57. The number of pyridine rings is 1. The third kappa shape index (κ3) is 3.62. The Labute approximate surface area is 157 Å². The zero-order valence-corrected chi connectivity index (χ0v) is 15.9. The van der Waals surface area contributed by atoms with E-state index in [9.17, 15) is 4.79 Å². The SMILES string of the molecule is CCCC(=N)N1C[C@H](Oc2ccnc3c(SC)cccc23)CC1C(N)=O. The smallest absolute Gasteiger partial charge is 0.240 e. The number of hydrogen-bond acceptors (Lipinski definition) is 5. The van der Waals surface area contributed by atoms with Crippen molar-refractivity contribution < 1.29 is 9.53 Å². The number of amides is 1. The molecule has 2 atom stereocenters. The molecule has 1 aromatic carbocycles. The molecule has 1 amide bonds. The molecular formula is C19H24N4O2S. The Morgan fingerprint density at radius 2 is 2.27 bits per heavy atom. The lowest BCUT2D eigenvalue weighted by Crippen LogP contribution is -2.43. The van der Waals surface area contributed by atoms with Gasteiger partial charge in [-0.1, -0.05) is 13.0 Å². The minimum atomic E-state index is -0.478. The molecule has 138 valence electrons. The molecule has 1 aliphatic heterocycles. The summed E-state index contributed by atoms with van der Waals surface area (Å²) in [5, 5.41) is 9.17. The predicted molar refractivity (Wildman–Crippen MR) is 105 cm³/mol. The van der Waals surface area contributed by atoms with Crippen LogP contribution in [0.15, 0.2) is 35.4 Å². The van der Waals surface area contributed by atoms with Gasteiger partial charge in [0.25, 0.3) is 0 Å². The van der Waals surface area contributed by atoms with Gasteiger partial charge in [0.05, 0.1) is 17.9 Å². The maximum atomic E-state index is 11.8. The Kier molecular flexibility index (Phi) is 5.66. The van der Waals surface area contributed by atoms with Crippen molar-refractivity contribution in [2.45, 2.75) is 43.2 Å². The van der Waals surface area contributed by atoms with E-state index in [2.05, 4.69) is 4.98 Å². The van der Waals surface area contributed by atoms with Crippen LogP contribution in [0.5, 0.6) is 5.75 Å². The average Bonchev–Trinajstić information content (AvgIpc) is 3.06. The van der Waals surface area contributed by atoms with Gasteiger partial charge in [-0.3, -0.25) is 15.2 Å². The van der Waals surface area contributed by atoms with Crippen molar-refractivity contribution in [1.29, 1.82) is 5.41 Å². The molecule has 0 saturated carbocycles. The second-order valence-corrected chi connectivity index (χ2v) is 7.26. The fraction of sp³-hybridized carbons (Fsp3) is 0.421. The number of aromatic nitrogens is 1. The first-order chi connectivity index (χ1) is 12.5. The molecule has 1 unspecified atom stereocenters. The van der Waals surface area contributed by atoms with E-state index < -0.39 is 11.9 Å². The Bertz CT molecular complexity index is 826. The van der Waals surface area contributed by atoms with Crippen molar-refractivity contribution in [2.24, 2.45) is 5.73 Å². The van der Waals surface area contributed by atoms with Gasteiger partial charge in [-0.05, 0) is 30.9 Å². The number of carbonyl (C=O) groups excluding carboxylic acids is 1. The van der Waals surface area contributed by atoms with Crippen LogP contribution < -0.4 is 10.5 Å². The number of benzene rings is 1. The second-order valence-electron chi connectivity index (χ2n) is 6.41. The molecule has 3 rings (SSSR count). The van der Waals surface area contributed by atoms with E-state index in [0.717, 1.165) is 28.0 Å². The van der Waals surface area contributed by atoms with Gasteiger partial charge in [0.2, 0.25) is 5.91 Å². The summed E-state index contributed by atoms with van der Waals surface area (Å²) in [6, 6.07) is 7.40. The van der Waals surface area contributed by atoms with Crippen LogP contribution in [0.1, 0.15) is 26.2 Å². The van der Waals surface area contributed by atoms with E-state index in [1.165, 1.54) is 0 Å². The number of carbonyl (C=O) groups is 1. The van der Waals surface area contributed by atoms with Gasteiger partial charge >= 0.3 is 0 Å². The fourth-order valence-corrected chi connectivity index (χ4v) is 3.97. The number of nitrogens with two attached hydrogens (primary N) is 1. The molecule has 0 radical (unpaired) electrons. The van der Waals surface area contributed by atoms with Crippen molar-refractivity contribution in [3.8, 4) is 5.75 Å². The number of para-hydroxylation sites is 1. The predicted octanol–water partition coefficient (Wildman–Crippen LogP) is 3.04. The molecule has 2 aromatic rings. The van der Waals surface area contributed by atoms with Gasteiger partial charge in [-0.15, -0.1) is 11.8 Å². The van der Waals surface area contributed by atoms with Crippen LogP contribution in [-0.2, 0) is 4.79 Å². The van der Waals surface area contributed by atoms with Crippen molar-refractivity contribution in [3.05, 3.63) is 30.5 Å². The average molecular weight is 372 g/mol. The topological polar surface area (TPSA) is 92.3 Å². The largest absolute Gasteiger partial charge is 0.488 e. The molecule has 7 heteroatoms. The van der Waals surface area contributed by atoms with Gasteiger partial charge < -0.3 is 15.4 Å². The highest BCUT2D eigenvalue weighted by molar-refractivity contribution is 7.98. The fourth-order valence-electron chi connectivity index (χ4n) is 3.40. The van der Waals surface area contributed by atoms with E-state index in [4.69, 9.17) is 15.9 Å². The normalized spacial score (nSPS) is 19.7. The number of fused-ring (bicyclic) bond motifs is 1. The number of nitrogens with one attached hydrogen (secondary N) is 1. The van der Waals surface area contributed by atoms with Gasteiger partial charge in [0.1, 0.15) is 17.9 Å². The summed E-state index contributed by atoms with van der Waals surface area (Å²) >= 11 is 1.65. The van der Waals surface area contributed by atoms with Crippen LogP contribution >= 0.6 is 11.8 Å². The second kappa shape index (κ2) is 7.95. The third-order valence-electron chi connectivity index (χ3n) is 4.63. The summed E-state index contributed by atoms with van der Waals surface area (Å²) in [5.41, 5.74) is 6.47. The maximum Gasteiger partial charge on any atom is 0.240 e. The minimum absolute atomic E-state index is 0.187. The Morgan fingerprint density at radius 3 is 2.96 bits per heavy atom. The Hall–Kier alpha value is -2.28. The van der Waals surface area contributed by atoms with E-state index in [1.807, 2.05) is 37.4 Å². The number of thioether (sulfide) groups is 1. The molecule has 0 aliphatic carbocycles. The number of amidine groups is 1. The standard InChI is InChI=1S/C19H24N4O2S/c1-3-5-17(20)23-11-12(10-14(23)19(21)24)25-15-8-9-22-18-13(15)6-4-7-16(18)26-2/h4,6-9,12,14,20H,3,5,10-11H2,1-2H3,(H2,21,24)/t12-,14?/m1/s1. The first kappa shape index (κ1) is 18.5. The van der Waals surface area contributed by atoms with Crippen LogP contribution in [0, 0.1) is 5.41 Å². The van der Waals surface area contributed by atoms with Crippen molar-refractivity contribution >= 4 is 34.4 Å². The maximum absolute atomic E-state index is 11.8. The molecular weight excluding hydrogens is 348 g/mol. The quantitative estimate of drug-likeness (QED) is 0.462. The van der Waals surface area contributed by atoms with E-state index in [0.29, 0.717) is 25.2 Å². The molecule has 1 aliphatic rings. The van der Waals surface area contributed by atoms with Crippen LogP contribution in [0.25, 0.3) is 10.9 Å². The van der Waals surface area contributed by atoms with Crippen LogP contribution in [0.4, 0.5) is 0 Å². The summed E-state index contributed by atoms with van der Waals surface area (Å²) in [7, 11) is 0. The summed E-state index contributed by atoms with van der Waals surface area (Å²) in [4.78, 5) is 19.2. The molecule has 6 nitrogen and oxygen atoms in total. The lowest BCUT2D eigenvalue weighted by molar-refractivity contribution is -0.121. The summed E-state index contributed by atoms with van der Waals surface area (Å²) < 4.78 is 6.23. The molecule has 2 heterocycles. The van der Waals surface area contributed by atoms with Crippen LogP contribution in [0.3, 0.4) is 0 Å². The van der Waals surface area contributed by atoms with Crippen LogP contribution in [0.2, 0.25) is 0 Å². The zero-order chi connectivity index (χ0) is 18.7. The highest BCUT2D eigenvalue weighted by atomic mass is 32.2. The number of likely N-dealkylation sites (tertiary alicyclic amines) is 1. The molecule has 3 N–H and O–H groups in total. The monoisotopic (exact) mass is 372 g/mol. The van der Waals surface area contributed by atoms with Crippen molar-refractivity contribution in [1.82, 2.24) is 9.88 Å². The molecule has 1 aromatic heterocycles. The lowest BCUT2D eigenvalue weighted by atomic mass is 10.1. The minimum Gasteiger partial charge on any atom is -0.488 e. The Balaban J connectivity index is 1.84. The van der Waals surface area contributed by atoms with Gasteiger partial charge in [-0.2, -0.15) is 0 Å². The highest BCUT2D eigenvalue weighted by Gasteiger charge is 2.38. The zero-order valence-electron chi connectivity index (χ0n) is 15.1. The van der Waals surface area contributed by atoms with Crippen LogP contribution in [-0.4, -0.2) is 46.6 Å². The van der Waals surface area contributed by atoms with Gasteiger partial charge in [-0.25, -0.2) is 0 Å². The molecule has 0 spiro atoms. The third-order valence-corrected chi connectivity index (χ3v) is 5.40. The molecule has 1 saturated heterocycles. The summed E-state index contributed by atoms with van der Waals surface area (Å²) in [5.74, 6) is 0.802. The number of ether oxygens (including phenoxy) is 1.